The average Bonchev–Trinajstić information content (AvgIpc) is 2.64. The van der Waals surface area contributed by atoms with Gasteiger partial charge in [-0.05, 0) is 39.0 Å². The van der Waals surface area contributed by atoms with E-state index in [1.165, 1.54) is 6.07 Å². The molecular weight excluding hydrogens is 354 g/mol. The Morgan fingerprint density at radius 3 is 2.85 bits per heavy atom. The summed E-state index contributed by atoms with van der Waals surface area (Å²) in [6.45, 7) is 8.83. The zero-order valence-electron chi connectivity index (χ0n) is 15.2. The predicted octanol–water partition coefficient (Wildman–Crippen LogP) is 1.81. The summed E-state index contributed by atoms with van der Waals surface area (Å²) in [5, 5.41) is 18.8. The van der Waals surface area contributed by atoms with E-state index in [1.54, 1.807) is 19.9 Å². The van der Waals surface area contributed by atoms with Gasteiger partial charge in [0.25, 0.3) is 5.69 Å². The minimum atomic E-state index is -0.389. The number of hydrogen-bond acceptors (Lipinski definition) is 6. The largest absolute Gasteiger partial charge is 0.379 e. The van der Waals surface area contributed by atoms with E-state index >= 15 is 0 Å². The molecule has 142 valence electrons. The van der Waals surface area contributed by atoms with Crippen molar-refractivity contribution < 1.29 is 9.66 Å². The van der Waals surface area contributed by atoms with Crippen molar-refractivity contribution in [1.82, 2.24) is 15.6 Å². The Kier molecular flexibility index (Phi) is 7.89. The molecule has 1 saturated heterocycles. The Morgan fingerprint density at radius 1 is 1.42 bits per heavy atom. The first-order chi connectivity index (χ1) is 12.5. The number of nitrogens with one attached hydrogen (secondary N) is 2. The molecule has 0 radical (unpaired) electrons. The third-order valence-electron chi connectivity index (χ3n) is 4.19. The summed E-state index contributed by atoms with van der Waals surface area (Å²) in [5.41, 5.74) is 4.81. The second kappa shape index (κ2) is 10.1. The Balaban J connectivity index is 1.76. The number of aryl methyl sites for hydroxylation is 1. The first-order valence-electron chi connectivity index (χ1n) is 8.61. The molecule has 0 saturated carbocycles. The number of hydrogen-bond donors (Lipinski definition) is 2. The number of morpholine rings is 1. The van der Waals surface area contributed by atoms with Gasteiger partial charge in [-0.25, -0.2) is 0 Å². The van der Waals surface area contributed by atoms with Crippen LogP contribution in [0.25, 0.3) is 0 Å². The van der Waals surface area contributed by atoms with Crippen LogP contribution in [0.1, 0.15) is 24.5 Å². The number of nitro groups is 1. The molecule has 26 heavy (non-hydrogen) atoms. The Morgan fingerprint density at radius 2 is 2.15 bits per heavy atom. The van der Waals surface area contributed by atoms with Crippen LogP contribution in [0, 0.1) is 17.0 Å². The molecule has 2 rings (SSSR count). The zero-order valence-corrected chi connectivity index (χ0v) is 16.0. The van der Waals surface area contributed by atoms with Gasteiger partial charge in [0.1, 0.15) is 0 Å². The van der Waals surface area contributed by atoms with Crippen LogP contribution in [0.5, 0.6) is 0 Å². The summed E-state index contributed by atoms with van der Waals surface area (Å²) in [6, 6.07) is 5.05. The SMILES string of the molecule is C/C(=N\NC(=S)NCCCN1CCOCC1)c1ccc(C)c([N+](=O)[O-])c1. The normalized spacial score (nSPS) is 15.5. The van der Waals surface area contributed by atoms with E-state index in [-0.39, 0.29) is 10.6 Å². The van der Waals surface area contributed by atoms with Gasteiger partial charge < -0.3 is 10.1 Å². The van der Waals surface area contributed by atoms with E-state index < -0.39 is 0 Å². The molecule has 1 aliphatic heterocycles. The number of nitro benzene ring substituents is 1. The fourth-order valence-corrected chi connectivity index (χ4v) is 2.75. The Labute approximate surface area is 158 Å². The summed E-state index contributed by atoms with van der Waals surface area (Å²) < 4.78 is 5.32. The second-order valence-corrected chi connectivity index (χ2v) is 6.54. The predicted molar refractivity (Wildman–Crippen MR) is 106 cm³/mol. The molecule has 0 amide bonds. The highest BCUT2D eigenvalue weighted by atomic mass is 32.1. The zero-order chi connectivity index (χ0) is 18.9. The number of thiocarbonyl (C=S) groups is 1. The lowest BCUT2D eigenvalue weighted by Crippen LogP contribution is -2.39. The number of hydrazone groups is 1. The molecule has 1 heterocycles. The van der Waals surface area contributed by atoms with Crippen LogP contribution in [0.3, 0.4) is 0 Å². The topological polar surface area (TPSA) is 92.0 Å². The summed E-state index contributed by atoms with van der Waals surface area (Å²) >= 11 is 5.21. The van der Waals surface area contributed by atoms with E-state index in [1.807, 2.05) is 6.07 Å². The quantitative estimate of drug-likeness (QED) is 0.245. The molecule has 9 heteroatoms. The van der Waals surface area contributed by atoms with Gasteiger partial charge in [-0.3, -0.25) is 20.4 Å². The number of rotatable bonds is 7. The minimum absolute atomic E-state index is 0.0841. The van der Waals surface area contributed by atoms with E-state index in [0.29, 0.717) is 22.0 Å². The van der Waals surface area contributed by atoms with E-state index in [9.17, 15) is 10.1 Å². The Hall–Kier alpha value is -2.10. The van der Waals surface area contributed by atoms with Crippen molar-refractivity contribution in [3.05, 3.63) is 39.4 Å². The van der Waals surface area contributed by atoms with Crippen molar-refractivity contribution in [2.75, 3.05) is 39.4 Å². The highest BCUT2D eigenvalue weighted by Crippen LogP contribution is 2.19. The third kappa shape index (κ3) is 6.32. The number of ether oxygens (including phenoxy) is 1. The summed E-state index contributed by atoms with van der Waals surface area (Å²) in [5.74, 6) is 0. The standard InChI is InChI=1S/C17H25N5O3S/c1-13-4-5-15(12-16(13)22(23)24)14(2)19-20-17(26)18-6-3-7-21-8-10-25-11-9-21/h4-5,12H,3,6-11H2,1-2H3,(H2,18,20,26)/b19-14+. The van der Waals surface area contributed by atoms with Crippen molar-refractivity contribution in [1.29, 1.82) is 0 Å². The third-order valence-corrected chi connectivity index (χ3v) is 4.42. The van der Waals surface area contributed by atoms with Crippen molar-refractivity contribution in [2.24, 2.45) is 5.10 Å². The maximum Gasteiger partial charge on any atom is 0.272 e. The van der Waals surface area contributed by atoms with Crippen LogP contribution < -0.4 is 10.7 Å². The molecule has 1 aliphatic rings. The molecule has 1 aromatic rings. The van der Waals surface area contributed by atoms with Gasteiger partial charge in [0.05, 0.1) is 23.8 Å². The van der Waals surface area contributed by atoms with Gasteiger partial charge in [0, 0.05) is 36.8 Å². The van der Waals surface area contributed by atoms with Crippen LogP contribution in [0.15, 0.2) is 23.3 Å². The maximum atomic E-state index is 11.0. The molecule has 0 spiro atoms. The molecular formula is C17H25N5O3S. The van der Waals surface area contributed by atoms with Gasteiger partial charge in [0.2, 0.25) is 0 Å². The lowest BCUT2D eigenvalue weighted by atomic mass is 10.1. The van der Waals surface area contributed by atoms with Crippen molar-refractivity contribution in [3.63, 3.8) is 0 Å². The highest BCUT2D eigenvalue weighted by molar-refractivity contribution is 7.80. The van der Waals surface area contributed by atoms with Crippen molar-refractivity contribution in [3.8, 4) is 0 Å². The van der Waals surface area contributed by atoms with Crippen LogP contribution in [-0.2, 0) is 4.74 Å². The second-order valence-electron chi connectivity index (χ2n) is 6.13. The molecule has 1 fully saturated rings. The summed E-state index contributed by atoms with van der Waals surface area (Å²) in [7, 11) is 0. The van der Waals surface area contributed by atoms with Crippen molar-refractivity contribution >= 4 is 28.7 Å². The molecule has 8 nitrogen and oxygen atoms in total. The monoisotopic (exact) mass is 379 g/mol. The smallest absolute Gasteiger partial charge is 0.272 e. The van der Waals surface area contributed by atoms with Crippen molar-refractivity contribution in [2.45, 2.75) is 20.3 Å². The average molecular weight is 379 g/mol. The minimum Gasteiger partial charge on any atom is -0.379 e. The summed E-state index contributed by atoms with van der Waals surface area (Å²) in [6.07, 6.45) is 0.981. The van der Waals surface area contributed by atoms with Gasteiger partial charge in [-0.15, -0.1) is 0 Å². The number of benzene rings is 1. The van der Waals surface area contributed by atoms with Gasteiger partial charge in [-0.2, -0.15) is 5.10 Å². The van der Waals surface area contributed by atoms with E-state index in [0.717, 1.165) is 45.8 Å². The fraction of sp³-hybridized carbons (Fsp3) is 0.529. The molecule has 0 atom stereocenters. The molecule has 1 aromatic carbocycles. The van der Waals surface area contributed by atoms with Gasteiger partial charge in [0.15, 0.2) is 5.11 Å². The van der Waals surface area contributed by atoms with Gasteiger partial charge >= 0.3 is 0 Å². The maximum absolute atomic E-state index is 11.0. The Bertz CT molecular complexity index is 674. The van der Waals surface area contributed by atoms with Crippen LogP contribution in [0.2, 0.25) is 0 Å². The van der Waals surface area contributed by atoms with Crippen LogP contribution in [-0.4, -0.2) is 60.0 Å². The molecule has 0 aliphatic carbocycles. The van der Waals surface area contributed by atoms with Gasteiger partial charge in [-0.1, -0.05) is 12.1 Å². The molecule has 2 N–H and O–H groups in total. The van der Waals surface area contributed by atoms with E-state index in [4.69, 9.17) is 17.0 Å². The molecule has 0 unspecified atom stereocenters. The first-order valence-corrected chi connectivity index (χ1v) is 9.02. The fourth-order valence-electron chi connectivity index (χ4n) is 2.60. The van der Waals surface area contributed by atoms with Crippen LogP contribution in [0.4, 0.5) is 5.69 Å². The first kappa shape index (κ1) is 20.2. The molecule has 0 bridgehead atoms. The number of nitrogens with zero attached hydrogens (tertiary/aromatic N) is 3. The van der Waals surface area contributed by atoms with Crippen LogP contribution >= 0.6 is 12.2 Å². The lowest BCUT2D eigenvalue weighted by molar-refractivity contribution is -0.385. The molecule has 0 aromatic heterocycles. The highest BCUT2D eigenvalue weighted by Gasteiger charge is 2.12. The lowest BCUT2D eigenvalue weighted by Gasteiger charge is -2.26. The van der Waals surface area contributed by atoms with E-state index in [2.05, 4.69) is 20.7 Å². The summed E-state index contributed by atoms with van der Waals surface area (Å²) in [4.78, 5) is 13.0.